The zero-order valence-corrected chi connectivity index (χ0v) is 16.1. The van der Waals surface area contributed by atoms with Crippen LogP contribution in [0.5, 0.6) is 0 Å². The molecule has 1 unspecified atom stereocenters. The molecule has 0 bridgehead atoms. The summed E-state index contributed by atoms with van der Waals surface area (Å²) in [5, 5.41) is 9.91. The lowest BCUT2D eigenvalue weighted by molar-refractivity contribution is 0.244. The topological polar surface area (TPSA) is 67.2 Å². The van der Waals surface area contributed by atoms with Crippen LogP contribution in [0.25, 0.3) is 0 Å². The van der Waals surface area contributed by atoms with E-state index >= 15 is 0 Å². The van der Waals surface area contributed by atoms with Gasteiger partial charge < -0.3 is 0 Å². The van der Waals surface area contributed by atoms with E-state index in [0.717, 1.165) is 30.4 Å². The molecule has 5 heteroatoms. The Balaban J connectivity index is 2.26. The summed E-state index contributed by atoms with van der Waals surface area (Å²) in [6.07, 6.45) is 3.41. The third kappa shape index (κ3) is 4.94. The van der Waals surface area contributed by atoms with E-state index in [2.05, 4.69) is 13.0 Å². The zero-order valence-electron chi connectivity index (χ0n) is 15.3. The molecule has 0 saturated heterocycles. The van der Waals surface area contributed by atoms with Gasteiger partial charge in [0.25, 0.3) is 10.1 Å². The van der Waals surface area contributed by atoms with Crippen LogP contribution in [-0.2, 0) is 19.7 Å². The molecule has 0 aliphatic carbocycles. The lowest BCUT2D eigenvalue weighted by Crippen LogP contribution is -2.32. The van der Waals surface area contributed by atoms with Crippen LogP contribution < -0.4 is 0 Å². The van der Waals surface area contributed by atoms with Gasteiger partial charge >= 0.3 is 0 Å². The van der Waals surface area contributed by atoms with Crippen LogP contribution in [0.15, 0.2) is 59.5 Å². The normalized spacial score (nSPS) is 13.7. The first kappa shape index (κ1) is 20.2. The van der Waals surface area contributed by atoms with Crippen molar-refractivity contribution in [3.63, 3.8) is 0 Å². The molecule has 2 aromatic carbocycles. The Morgan fingerprint density at radius 2 is 1.69 bits per heavy atom. The van der Waals surface area contributed by atoms with Gasteiger partial charge in [-0.1, -0.05) is 74.2 Å². The molecule has 138 valence electrons. The van der Waals surface area contributed by atoms with Crippen LogP contribution in [0.4, 0.5) is 0 Å². The SMILES string of the molecule is CCCCCC(C#N)(COS(=O)(=O)c1ccc(C)cc1)c1ccccc1. The smallest absolute Gasteiger partial charge is 0.264 e. The van der Waals surface area contributed by atoms with Crippen LogP contribution in [0.1, 0.15) is 43.7 Å². The molecule has 0 aliphatic heterocycles. The Kier molecular flexibility index (Phi) is 6.96. The minimum Gasteiger partial charge on any atom is -0.264 e. The first-order valence-corrected chi connectivity index (χ1v) is 10.3. The summed E-state index contributed by atoms with van der Waals surface area (Å²) in [6, 6.07) is 18.2. The molecule has 2 aromatic rings. The Morgan fingerprint density at radius 3 is 2.27 bits per heavy atom. The van der Waals surface area contributed by atoms with E-state index in [1.807, 2.05) is 37.3 Å². The largest absolute Gasteiger partial charge is 0.297 e. The predicted molar refractivity (Wildman–Crippen MR) is 102 cm³/mol. The van der Waals surface area contributed by atoms with Crippen LogP contribution in [0, 0.1) is 18.3 Å². The number of hydrogen-bond donors (Lipinski definition) is 0. The Hall–Kier alpha value is -2.16. The number of unbranched alkanes of at least 4 members (excludes halogenated alkanes) is 2. The lowest BCUT2D eigenvalue weighted by Gasteiger charge is -2.26. The van der Waals surface area contributed by atoms with E-state index in [-0.39, 0.29) is 11.5 Å². The van der Waals surface area contributed by atoms with Gasteiger partial charge in [-0.05, 0) is 31.0 Å². The summed E-state index contributed by atoms with van der Waals surface area (Å²) in [5.74, 6) is 0. The maximum Gasteiger partial charge on any atom is 0.297 e. The molecule has 0 heterocycles. The summed E-state index contributed by atoms with van der Waals surface area (Å²) >= 11 is 0. The summed E-state index contributed by atoms with van der Waals surface area (Å²) < 4.78 is 30.4. The standard InChI is InChI=1S/C21H25NO3S/c1-3-4-8-15-21(16-22,19-9-6-5-7-10-19)17-25-26(23,24)20-13-11-18(2)12-14-20/h5-7,9-14H,3-4,8,15,17H2,1-2H3. The molecule has 0 fully saturated rings. The minimum absolute atomic E-state index is 0.108. The first-order valence-electron chi connectivity index (χ1n) is 8.86. The van der Waals surface area contributed by atoms with Crippen molar-refractivity contribution in [2.24, 2.45) is 0 Å². The van der Waals surface area contributed by atoms with Crippen molar-refractivity contribution >= 4 is 10.1 Å². The average Bonchev–Trinajstić information content (AvgIpc) is 2.66. The van der Waals surface area contributed by atoms with Gasteiger partial charge in [0.1, 0.15) is 5.41 Å². The van der Waals surface area contributed by atoms with Crippen molar-refractivity contribution < 1.29 is 12.6 Å². The number of aryl methyl sites for hydroxylation is 1. The minimum atomic E-state index is -3.91. The highest BCUT2D eigenvalue weighted by atomic mass is 32.2. The average molecular weight is 372 g/mol. The zero-order chi connectivity index (χ0) is 19.0. The lowest BCUT2D eigenvalue weighted by atomic mass is 9.78. The van der Waals surface area contributed by atoms with Crippen LogP contribution in [-0.4, -0.2) is 15.0 Å². The highest BCUT2D eigenvalue weighted by molar-refractivity contribution is 7.86. The molecular weight excluding hydrogens is 346 g/mol. The van der Waals surface area contributed by atoms with E-state index in [1.54, 1.807) is 12.1 Å². The number of hydrogen-bond acceptors (Lipinski definition) is 4. The molecule has 0 aromatic heterocycles. The van der Waals surface area contributed by atoms with Gasteiger partial charge in [-0.25, -0.2) is 0 Å². The maximum atomic E-state index is 12.5. The van der Waals surface area contributed by atoms with Gasteiger partial charge in [0, 0.05) is 0 Å². The van der Waals surface area contributed by atoms with E-state index < -0.39 is 15.5 Å². The van der Waals surface area contributed by atoms with Gasteiger partial charge in [0.15, 0.2) is 0 Å². The fourth-order valence-corrected chi connectivity index (χ4v) is 3.80. The molecule has 26 heavy (non-hydrogen) atoms. The van der Waals surface area contributed by atoms with Crippen molar-refractivity contribution in [1.29, 1.82) is 5.26 Å². The van der Waals surface area contributed by atoms with Crippen LogP contribution >= 0.6 is 0 Å². The van der Waals surface area contributed by atoms with Crippen molar-refractivity contribution in [3.05, 3.63) is 65.7 Å². The first-order chi connectivity index (χ1) is 12.4. The summed E-state index contributed by atoms with van der Waals surface area (Å²) in [4.78, 5) is 0.108. The molecule has 0 amide bonds. The third-order valence-electron chi connectivity index (χ3n) is 4.52. The second-order valence-corrected chi connectivity index (χ2v) is 8.16. The molecular formula is C21H25NO3S. The highest BCUT2D eigenvalue weighted by Crippen LogP contribution is 2.31. The number of nitriles is 1. The van der Waals surface area contributed by atoms with E-state index in [4.69, 9.17) is 4.18 Å². The van der Waals surface area contributed by atoms with Gasteiger partial charge in [0.05, 0.1) is 17.6 Å². The fourth-order valence-electron chi connectivity index (χ4n) is 2.84. The summed E-state index contributed by atoms with van der Waals surface area (Å²) in [7, 11) is -3.91. The molecule has 4 nitrogen and oxygen atoms in total. The van der Waals surface area contributed by atoms with Gasteiger partial charge in [-0.15, -0.1) is 0 Å². The van der Waals surface area contributed by atoms with Crippen LogP contribution in [0.3, 0.4) is 0 Å². The van der Waals surface area contributed by atoms with E-state index in [9.17, 15) is 13.7 Å². The summed E-state index contributed by atoms with van der Waals surface area (Å²) in [6.45, 7) is 3.80. The van der Waals surface area contributed by atoms with Crippen molar-refractivity contribution in [1.82, 2.24) is 0 Å². The van der Waals surface area contributed by atoms with Crippen molar-refractivity contribution in [2.75, 3.05) is 6.61 Å². The number of benzene rings is 2. The van der Waals surface area contributed by atoms with E-state index in [0.29, 0.717) is 6.42 Å². The molecule has 0 N–H and O–H groups in total. The van der Waals surface area contributed by atoms with E-state index in [1.165, 1.54) is 12.1 Å². The molecule has 0 saturated carbocycles. The number of nitrogens with zero attached hydrogens (tertiary/aromatic N) is 1. The molecule has 0 aliphatic rings. The van der Waals surface area contributed by atoms with Crippen molar-refractivity contribution in [2.45, 2.75) is 49.8 Å². The van der Waals surface area contributed by atoms with Gasteiger partial charge in [0.2, 0.25) is 0 Å². The molecule has 0 spiro atoms. The van der Waals surface area contributed by atoms with Gasteiger partial charge in [-0.3, -0.25) is 4.18 Å². The monoisotopic (exact) mass is 371 g/mol. The van der Waals surface area contributed by atoms with Crippen molar-refractivity contribution in [3.8, 4) is 6.07 Å². The number of rotatable bonds is 9. The summed E-state index contributed by atoms with van der Waals surface area (Å²) in [5.41, 5.74) is 0.783. The maximum absolute atomic E-state index is 12.5. The van der Waals surface area contributed by atoms with Gasteiger partial charge in [-0.2, -0.15) is 13.7 Å². The fraction of sp³-hybridized carbons (Fsp3) is 0.381. The van der Waals surface area contributed by atoms with Crippen LogP contribution in [0.2, 0.25) is 0 Å². The second kappa shape index (κ2) is 8.98. The second-order valence-electron chi connectivity index (χ2n) is 6.55. The molecule has 0 radical (unpaired) electrons. The molecule has 2 rings (SSSR count). The third-order valence-corrected chi connectivity index (χ3v) is 5.80. The highest BCUT2D eigenvalue weighted by Gasteiger charge is 2.34. The molecule has 1 atom stereocenters. The quantitative estimate of drug-likeness (QED) is 0.471. The Morgan fingerprint density at radius 1 is 1.04 bits per heavy atom. The Bertz CT molecular complexity index is 839. The Labute approximate surface area is 156 Å². The predicted octanol–water partition coefficient (Wildman–Crippen LogP) is 4.74.